The molecule has 0 spiro atoms. The van der Waals surface area contributed by atoms with Crippen molar-refractivity contribution in [3.05, 3.63) is 72.3 Å². The van der Waals surface area contributed by atoms with Gasteiger partial charge in [0.25, 0.3) is 0 Å². The van der Waals surface area contributed by atoms with Gasteiger partial charge in [-0.1, -0.05) is 55.3 Å². The molecule has 0 radical (unpaired) electrons. The van der Waals surface area contributed by atoms with Crippen LogP contribution < -0.4 is 4.74 Å². The van der Waals surface area contributed by atoms with Crippen LogP contribution in [0.1, 0.15) is 36.8 Å². The molecule has 0 unspecified atom stereocenters. The van der Waals surface area contributed by atoms with Crippen molar-refractivity contribution in [2.24, 2.45) is 5.92 Å². The van der Waals surface area contributed by atoms with Crippen molar-refractivity contribution in [1.29, 1.82) is 0 Å². The number of aryl methyl sites for hydroxylation is 1. The minimum Gasteiger partial charge on any atom is -0.497 e. The number of hydrogen-bond acceptors (Lipinski definition) is 4. The summed E-state index contributed by atoms with van der Waals surface area (Å²) in [5.74, 6) is 0.402. The Morgan fingerprint density at radius 2 is 1.72 bits per heavy atom. The molecule has 0 aromatic heterocycles. The van der Waals surface area contributed by atoms with E-state index in [4.69, 9.17) is 4.74 Å². The highest BCUT2D eigenvalue weighted by Gasteiger charge is 2.51. The SMILES string of the molecule is C=C[C@@H]1N(Cc2ccc(OC)cc2)C(=O)[C@@H]2CCCC[C@H]2N1S(=O)(=O)c1ccc(C)cc1. The first kappa shape index (κ1) is 22.6. The third-order valence-electron chi connectivity index (χ3n) is 6.56. The molecule has 0 N–H and O–H groups in total. The van der Waals surface area contributed by atoms with E-state index in [1.165, 1.54) is 0 Å². The van der Waals surface area contributed by atoms with Crippen LogP contribution in [0.4, 0.5) is 0 Å². The summed E-state index contributed by atoms with van der Waals surface area (Å²) in [6.07, 6.45) is 4.07. The Labute approximate surface area is 190 Å². The fourth-order valence-electron chi connectivity index (χ4n) is 4.86. The number of benzene rings is 2. The molecule has 1 aliphatic heterocycles. The minimum absolute atomic E-state index is 0.00535. The highest BCUT2D eigenvalue weighted by molar-refractivity contribution is 7.89. The number of fused-ring (bicyclic) bond motifs is 1. The normalized spacial score (nSPS) is 24.1. The molecule has 0 bridgehead atoms. The first-order valence-electron chi connectivity index (χ1n) is 11.0. The van der Waals surface area contributed by atoms with E-state index < -0.39 is 16.2 Å². The van der Waals surface area contributed by atoms with Crippen molar-refractivity contribution in [1.82, 2.24) is 9.21 Å². The van der Waals surface area contributed by atoms with Crippen molar-refractivity contribution in [2.45, 2.75) is 56.3 Å². The topological polar surface area (TPSA) is 66.9 Å². The van der Waals surface area contributed by atoms with Gasteiger partial charge in [-0.15, -0.1) is 0 Å². The lowest BCUT2D eigenvalue weighted by Gasteiger charge is -2.51. The number of sulfonamides is 1. The van der Waals surface area contributed by atoms with Gasteiger partial charge in [-0.3, -0.25) is 4.79 Å². The van der Waals surface area contributed by atoms with Gasteiger partial charge in [-0.05, 0) is 49.6 Å². The zero-order chi connectivity index (χ0) is 22.9. The second kappa shape index (κ2) is 9.08. The predicted molar refractivity (Wildman–Crippen MR) is 123 cm³/mol. The number of hydrogen-bond donors (Lipinski definition) is 0. The minimum atomic E-state index is -3.82. The predicted octanol–water partition coefficient (Wildman–Crippen LogP) is 4.11. The Balaban J connectivity index is 1.75. The first-order chi connectivity index (χ1) is 15.4. The number of ether oxygens (including phenoxy) is 1. The summed E-state index contributed by atoms with van der Waals surface area (Å²) in [7, 11) is -2.22. The Bertz CT molecular complexity index is 1080. The molecule has 2 fully saturated rings. The van der Waals surface area contributed by atoms with E-state index in [9.17, 15) is 13.2 Å². The van der Waals surface area contributed by atoms with Gasteiger partial charge in [-0.2, -0.15) is 4.31 Å². The summed E-state index contributed by atoms with van der Waals surface area (Å²) >= 11 is 0. The number of rotatable bonds is 6. The summed E-state index contributed by atoms with van der Waals surface area (Å²) in [5.41, 5.74) is 1.91. The maximum absolute atomic E-state index is 13.8. The Hall–Kier alpha value is -2.64. The van der Waals surface area contributed by atoms with Crippen LogP contribution >= 0.6 is 0 Å². The standard InChI is InChI=1S/C25H30N2O4S/c1-4-24-26(17-19-11-13-20(31-3)14-12-19)25(28)22-7-5-6-8-23(22)27(24)32(29,30)21-15-9-18(2)10-16-21/h4,9-16,22-24H,1,5-8,17H2,2-3H3/t22-,23-,24-/m1/s1. The molecule has 1 aliphatic carbocycles. The number of carbonyl (C=O) groups excluding carboxylic acids is 1. The van der Waals surface area contributed by atoms with Crippen molar-refractivity contribution < 1.29 is 17.9 Å². The Kier molecular flexibility index (Phi) is 6.40. The van der Waals surface area contributed by atoms with Gasteiger partial charge in [0.1, 0.15) is 11.9 Å². The average molecular weight is 455 g/mol. The molecule has 170 valence electrons. The molecule has 6 nitrogen and oxygen atoms in total. The van der Waals surface area contributed by atoms with Gasteiger partial charge < -0.3 is 9.64 Å². The van der Waals surface area contributed by atoms with Crippen molar-refractivity contribution in [3.63, 3.8) is 0 Å². The van der Waals surface area contributed by atoms with Gasteiger partial charge in [-0.25, -0.2) is 8.42 Å². The van der Waals surface area contributed by atoms with Crippen LogP contribution in [0.2, 0.25) is 0 Å². The summed E-state index contributed by atoms with van der Waals surface area (Å²) in [5, 5.41) is 0. The van der Waals surface area contributed by atoms with Crippen molar-refractivity contribution >= 4 is 15.9 Å². The van der Waals surface area contributed by atoms with Crippen LogP contribution in [-0.4, -0.2) is 42.8 Å². The van der Waals surface area contributed by atoms with E-state index in [0.717, 1.165) is 29.7 Å². The highest BCUT2D eigenvalue weighted by Crippen LogP contribution is 2.40. The first-order valence-corrected chi connectivity index (χ1v) is 12.5. The van der Waals surface area contributed by atoms with Crippen LogP contribution in [0.25, 0.3) is 0 Å². The number of amides is 1. The molecular weight excluding hydrogens is 424 g/mol. The molecule has 1 saturated carbocycles. The zero-order valence-corrected chi connectivity index (χ0v) is 19.4. The smallest absolute Gasteiger partial charge is 0.245 e. The van der Waals surface area contributed by atoms with Gasteiger partial charge in [0, 0.05) is 12.6 Å². The monoisotopic (exact) mass is 454 g/mol. The average Bonchev–Trinajstić information content (AvgIpc) is 2.81. The van der Waals surface area contributed by atoms with E-state index in [-0.39, 0.29) is 22.8 Å². The van der Waals surface area contributed by atoms with Crippen LogP contribution in [0, 0.1) is 12.8 Å². The Morgan fingerprint density at radius 1 is 1.06 bits per heavy atom. The highest BCUT2D eigenvalue weighted by atomic mass is 32.2. The third-order valence-corrected chi connectivity index (χ3v) is 8.47. The molecule has 2 aromatic carbocycles. The maximum atomic E-state index is 13.8. The molecule has 2 aromatic rings. The lowest BCUT2D eigenvalue weighted by molar-refractivity contribution is -0.151. The second-order valence-electron chi connectivity index (χ2n) is 8.57. The quantitative estimate of drug-likeness (QED) is 0.616. The molecule has 3 atom stereocenters. The van der Waals surface area contributed by atoms with E-state index in [2.05, 4.69) is 6.58 Å². The fraction of sp³-hybridized carbons (Fsp3) is 0.400. The van der Waals surface area contributed by atoms with E-state index in [0.29, 0.717) is 19.4 Å². The van der Waals surface area contributed by atoms with Crippen LogP contribution in [0.15, 0.2) is 66.1 Å². The number of nitrogens with zero attached hydrogens (tertiary/aromatic N) is 2. The van der Waals surface area contributed by atoms with Gasteiger partial charge >= 0.3 is 0 Å². The Morgan fingerprint density at radius 3 is 2.34 bits per heavy atom. The molecule has 1 heterocycles. The van der Waals surface area contributed by atoms with Crippen molar-refractivity contribution in [2.75, 3.05) is 7.11 Å². The third kappa shape index (κ3) is 4.07. The summed E-state index contributed by atoms with van der Waals surface area (Å²) in [6, 6.07) is 14.0. The summed E-state index contributed by atoms with van der Waals surface area (Å²) in [4.78, 5) is 15.5. The van der Waals surface area contributed by atoms with Crippen LogP contribution in [0.3, 0.4) is 0 Å². The van der Waals surface area contributed by atoms with E-state index in [1.54, 1.807) is 46.7 Å². The maximum Gasteiger partial charge on any atom is 0.245 e. The number of methoxy groups -OCH3 is 1. The zero-order valence-electron chi connectivity index (χ0n) is 18.6. The van der Waals surface area contributed by atoms with Crippen molar-refractivity contribution in [3.8, 4) is 5.75 Å². The largest absolute Gasteiger partial charge is 0.497 e. The van der Waals surface area contributed by atoms with Gasteiger partial charge in [0.05, 0.1) is 17.9 Å². The fourth-order valence-corrected chi connectivity index (χ4v) is 6.68. The van der Waals surface area contributed by atoms with Gasteiger partial charge in [0.2, 0.25) is 15.9 Å². The molecule has 2 aliphatic rings. The molecular formula is C25H30N2O4S. The summed E-state index contributed by atoms with van der Waals surface area (Å²) < 4.78 is 34.4. The van der Waals surface area contributed by atoms with E-state index >= 15 is 0 Å². The molecule has 1 saturated heterocycles. The molecule has 32 heavy (non-hydrogen) atoms. The lowest BCUT2D eigenvalue weighted by atomic mass is 9.81. The van der Waals surface area contributed by atoms with Gasteiger partial charge in [0.15, 0.2) is 0 Å². The summed E-state index contributed by atoms with van der Waals surface area (Å²) in [6.45, 7) is 6.16. The van der Waals surface area contributed by atoms with E-state index in [1.807, 2.05) is 31.2 Å². The molecule has 4 rings (SSSR count). The lowest BCUT2D eigenvalue weighted by Crippen LogP contribution is -2.65. The molecule has 1 amide bonds. The number of carbonyl (C=O) groups is 1. The van der Waals surface area contributed by atoms with Crippen LogP contribution in [0.5, 0.6) is 5.75 Å². The molecule has 7 heteroatoms. The second-order valence-corrected chi connectivity index (χ2v) is 10.4. The van der Waals surface area contributed by atoms with Crippen LogP contribution in [-0.2, 0) is 21.4 Å².